The third-order valence-electron chi connectivity index (χ3n) is 4.26. The number of benzene rings is 3. The van der Waals surface area contributed by atoms with E-state index >= 15 is 0 Å². The maximum atomic E-state index is 12.5. The fourth-order valence-corrected chi connectivity index (χ4v) is 2.78. The Labute approximate surface area is 172 Å². The molecule has 0 aliphatic heterocycles. The normalized spacial score (nSPS) is 10.1. The van der Waals surface area contributed by atoms with Gasteiger partial charge in [0.05, 0.1) is 17.1 Å². The lowest BCUT2D eigenvalue weighted by Crippen LogP contribution is -2.42. The van der Waals surface area contributed by atoms with E-state index in [1.54, 1.807) is 24.3 Å². The Morgan fingerprint density at radius 2 is 1.37 bits per heavy atom. The molecule has 8 heteroatoms. The molecule has 8 nitrogen and oxygen atoms in total. The van der Waals surface area contributed by atoms with Crippen LogP contribution in [0.4, 0.5) is 5.69 Å². The summed E-state index contributed by atoms with van der Waals surface area (Å²) in [5, 5.41) is 11.1. The highest BCUT2D eigenvalue weighted by atomic mass is 16.6. The van der Waals surface area contributed by atoms with Gasteiger partial charge in [-0.1, -0.05) is 54.6 Å². The summed E-state index contributed by atoms with van der Waals surface area (Å²) in [5.41, 5.74) is 5.30. The van der Waals surface area contributed by atoms with Crippen molar-refractivity contribution in [2.75, 3.05) is 6.61 Å². The van der Waals surface area contributed by atoms with E-state index < -0.39 is 16.7 Å². The van der Waals surface area contributed by atoms with Gasteiger partial charge in [0.2, 0.25) is 0 Å². The Bertz CT molecular complexity index is 1050. The van der Waals surface area contributed by atoms with Crippen LogP contribution in [0, 0.1) is 10.1 Å². The van der Waals surface area contributed by atoms with Gasteiger partial charge in [0.15, 0.2) is 0 Å². The molecule has 3 aromatic carbocycles. The van der Waals surface area contributed by atoms with Crippen LogP contribution in [0.25, 0.3) is 0 Å². The maximum absolute atomic E-state index is 12.5. The van der Waals surface area contributed by atoms with E-state index in [1.807, 2.05) is 30.3 Å². The van der Waals surface area contributed by atoms with E-state index in [1.165, 1.54) is 24.3 Å². The number of nitro benzene ring substituents is 1. The van der Waals surface area contributed by atoms with Crippen molar-refractivity contribution in [3.8, 4) is 5.75 Å². The minimum absolute atomic E-state index is 0.157. The van der Waals surface area contributed by atoms with Crippen LogP contribution in [0.2, 0.25) is 0 Å². The second-order valence-electron chi connectivity index (χ2n) is 6.26. The zero-order valence-electron chi connectivity index (χ0n) is 15.9. The Kier molecular flexibility index (Phi) is 6.73. The second kappa shape index (κ2) is 9.83. The highest BCUT2D eigenvalue weighted by molar-refractivity contribution is 6.02. The smallest absolute Gasteiger partial charge is 0.282 e. The van der Waals surface area contributed by atoms with Gasteiger partial charge >= 0.3 is 0 Å². The molecule has 3 rings (SSSR count). The summed E-state index contributed by atoms with van der Waals surface area (Å²) >= 11 is 0. The number of carbonyl (C=O) groups is 2. The van der Waals surface area contributed by atoms with Crippen molar-refractivity contribution in [3.05, 3.63) is 106 Å². The number of nitro groups is 1. The minimum Gasteiger partial charge on any atom is -0.492 e. The molecule has 0 saturated heterocycles. The quantitative estimate of drug-likeness (QED) is 0.463. The molecule has 0 aromatic heterocycles. The Morgan fingerprint density at radius 3 is 2.07 bits per heavy atom. The van der Waals surface area contributed by atoms with Gasteiger partial charge in [0.1, 0.15) is 11.3 Å². The summed E-state index contributed by atoms with van der Waals surface area (Å²) in [6.07, 6.45) is 0.672. The molecule has 2 amide bonds. The average molecular weight is 405 g/mol. The largest absolute Gasteiger partial charge is 0.492 e. The van der Waals surface area contributed by atoms with Crippen molar-refractivity contribution in [3.63, 3.8) is 0 Å². The molecular weight excluding hydrogens is 386 g/mol. The first-order valence-corrected chi connectivity index (χ1v) is 9.16. The number of nitrogens with one attached hydrogen (secondary N) is 2. The van der Waals surface area contributed by atoms with Crippen molar-refractivity contribution in [2.45, 2.75) is 6.42 Å². The topological polar surface area (TPSA) is 111 Å². The van der Waals surface area contributed by atoms with Gasteiger partial charge in [-0.15, -0.1) is 0 Å². The summed E-state index contributed by atoms with van der Waals surface area (Å²) in [6, 6.07) is 21.9. The molecular formula is C22H19N3O5. The van der Waals surface area contributed by atoms with Gasteiger partial charge in [0.25, 0.3) is 17.5 Å². The second-order valence-corrected chi connectivity index (χ2v) is 6.26. The van der Waals surface area contributed by atoms with Gasteiger partial charge in [0, 0.05) is 12.5 Å². The number of rotatable bonds is 7. The number of ether oxygens (including phenoxy) is 1. The SMILES string of the molecule is O=C(NNC(=O)c1ccccc1[N+](=O)[O-])c1ccccc1OCCc1ccccc1. The first kappa shape index (κ1) is 20.5. The number of hydrazine groups is 1. The Hall–Kier alpha value is -4.20. The number of amides is 2. The number of para-hydroxylation sites is 2. The van der Waals surface area contributed by atoms with Crippen molar-refractivity contribution in [2.24, 2.45) is 0 Å². The highest BCUT2D eigenvalue weighted by Gasteiger charge is 2.20. The lowest BCUT2D eigenvalue weighted by atomic mass is 10.1. The van der Waals surface area contributed by atoms with E-state index in [4.69, 9.17) is 4.74 Å². The van der Waals surface area contributed by atoms with Crippen molar-refractivity contribution >= 4 is 17.5 Å². The number of nitrogens with zero attached hydrogens (tertiary/aromatic N) is 1. The standard InChI is InChI=1S/C22H19N3O5/c26-21(17-10-4-6-12-19(17)25(28)29)23-24-22(27)18-11-5-7-13-20(18)30-15-14-16-8-2-1-3-9-16/h1-13H,14-15H2,(H,23,26)(H,24,27). The van der Waals surface area contributed by atoms with Crippen LogP contribution in [0.5, 0.6) is 5.75 Å². The molecule has 2 N–H and O–H groups in total. The Morgan fingerprint density at radius 1 is 0.800 bits per heavy atom. The predicted octanol–water partition coefficient (Wildman–Crippen LogP) is 3.29. The summed E-state index contributed by atoms with van der Waals surface area (Å²) < 4.78 is 5.74. The van der Waals surface area contributed by atoms with Crippen LogP contribution in [-0.2, 0) is 6.42 Å². The van der Waals surface area contributed by atoms with Gasteiger partial charge in [-0.05, 0) is 23.8 Å². The fraction of sp³-hybridized carbons (Fsp3) is 0.0909. The molecule has 0 aliphatic carbocycles. The molecule has 0 saturated carbocycles. The molecule has 0 aliphatic rings. The van der Waals surface area contributed by atoms with Crippen molar-refractivity contribution in [1.29, 1.82) is 0 Å². The lowest BCUT2D eigenvalue weighted by molar-refractivity contribution is -0.385. The molecule has 0 unspecified atom stereocenters. The molecule has 0 heterocycles. The fourth-order valence-electron chi connectivity index (χ4n) is 2.78. The molecule has 0 fully saturated rings. The van der Waals surface area contributed by atoms with Crippen LogP contribution in [0.3, 0.4) is 0 Å². The molecule has 30 heavy (non-hydrogen) atoms. The molecule has 0 bridgehead atoms. The number of hydrogen-bond acceptors (Lipinski definition) is 5. The summed E-state index contributed by atoms with van der Waals surface area (Å²) in [6.45, 7) is 0.372. The highest BCUT2D eigenvalue weighted by Crippen LogP contribution is 2.19. The molecule has 3 aromatic rings. The van der Waals surface area contributed by atoms with Crippen LogP contribution in [0.15, 0.2) is 78.9 Å². The van der Waals surface area contributed by atoms with Crippen molar-refractivity contribution < 1.29 is 19.2 Å². The molecule has 0 spiro atoms. The van der Waals surface area contributed by atoms with Gasteiger partial charge < -0.3 is 4.74 Å². The van der Waals surface area contributed by atoms with E-state index in [-0.39, 0.29) is 16.8 Å². The first-order chi connectivity index (χ1) is 14.6. The zero-order valence-corrected chi connectivity index (χ0v) is 15.9. The van der Waals surface area contributed by atoms with Crippen LogP contribution in [-0.4, -0.2) is 23.3 Å². The van der Waals surface area contributed by atoms with E-state index in [0.717, 1.165) is 5.56 Å². The zero-order chi connectivity index (χ0) is 21.3. The van der Waals surface area contributed by atoms with Crippen molar-refractivity contribution in [1.82, 2.24) is 10.9 Å². The van der Waals surface area contributed by atoms with Crippen LogP contribution < -0.4 is 15.6 Å². The van der Waals surface area contributed by atoms with E-state index in [0.29, 0.717) is 18.8 Å². The summed E-state index contributed by atoms with van der Waals surface area (Å²) in [4.78, 5) is 35.2. The molecule has 0 radical (unpaired) electrons. The third-order valence-corrected chi connectivity index (χ3v) is 4.26. The van der Waals surface area contributed by atoms with E-state index in [2.05, 4.69) is 10.9 Å². The monoisotopic (exact) mass is 405 g/mol. The van der Waals surface area contributed by atoms with Crippen LogP contribution in [0.1, 0.15) is 26.3 Å². The maximum Gasteiger partial charge on any atom is 0.282 e. The lowest BCUT2D eigenvalue weighted by Gasteiger charge is -2.12. The average Bonchev–Trinajstić information content (AvgIpc) is 2.78. The summed E-state index contributed by atoms with van der Waals surface area (Å²) in [5.74, 6) is -1.03. The molecule has 152 valence electrons. The van der Waals surface area contributed by atoms with Crippen LogP contribution >= 0.6 is 0 Å². The third kappa shape index (κ3) is 5.20. The first-order valence-electron chi connectivity index (χ1n) is 9.16. The Balaban J connectivity index is 1.62. The summed E-state index contributed by atoms with van der Waals surface area (Å²) in [7, 11) is 0. The minimum atomic E-state index is -0.793. The van der Waals surface area contributed by atoms with E-state index in [9.17, 15) is 19.7 Å². The predicted molar refractivity (Wildman–Crippen MR) is 110 cm³/mol. The molecule has 0 atom stereocenters. The number of carbonyl (C=O) groups excluding carboxylic acids is 2. The van der Waals surface area contributed by atoms with Gasteiger partial charge in [-0.2, -0.15) is 0 Å². The van der Waals surface area contributed by atoms with Gasteiger partial charge in [-0.25, -0.2) is 0 Å². The number of hydrogen-bond donors (Lipinski definition) is 2. The van der Waals surface area contributed by atoms with Gasteiger partial charge in [-0.3, -0.25) is 30.6 Å².